The van der Waals surface area contributed by atoms with E-state index in [1.54, 1.807) is 12.1 Å². The highest BCUT2D eigenvalue weighted by Crippen LogP contribution is 2.37. The van der Waals surface area contributed by atoms with Crippen molar-refractivity contribution in [1.82, 2.24) is 4.98 Å². The molecule has 1 N–H and O–H groups in total. The van der Waals surface area contributed by atoms with E-state index in [1.165, 1.54) is 6.42 Å². The quantitative estimate of drug-likeness (QED) is 0.816. The minimum atomic E-state index is -0.364. The Kier molecular flexibility index (Phi) is 3.42. The molecule has 18 heavy (non-hydrogen) atoms. The molecule has 1 fully saturated rings. The van der Waals surface area contributed by atoms with Gasteiger partial charge in [-0.1, -0.05) is 20.3 Å². The summed E-state index contributed by atoms with van der Waals surface area (Å²) in [5, 5.41) is 8.70. The summed E-state index contributed by atoms with van der Waals surface area (Å²) in [5.41, 5.74) is 0.774. The molecule has 1 atom stereocenters. The van der Waals surface area contributed by atoms with Gasteiger partial charge in [-0.3, -0.25) is 0 Å². The zero-order valence-electron chi connectivity index (χ0n) is 10.8. The average molecular weight is 246 g/mol. The minimum absolute atomic E-state index is 0.0346. The summed E-state index contributed by atoms with van der Waals surface area (Å²) in [4.78, 5) is 14.7. The second kappa shape index (κ2) is 4.85. The van der Waals surface area contributed by atoms with Gasteiger partial charge in [0, 0.05) is 5.41 Å². The topological polar surface area (TPSA) is 65.9 Å². The maximum absolute atomic E-state index is 12.0. The van der Waals surface area contributed by atoms with Crippen LogP contribution < -0.4 is 0 Å². The first-order chi connectivity index (χ1) is 8.53. The van der Waals surface area contributed by atoms with E-state index < -0.39 is 0 Å². The number of ether oxygens (including phenoxy) is 1. The number of carbonyl (C=O) groups is 1. The van der Waals surface area contributed by atoms with Crippen LogP contribution >= 0.6 is 0 Å². The summed E-state index contributed by atoms with van der Waals surface area (Å²) >= 11 is 0. The Morgan fingerprint density at radius 3 is 2.89 bits per heavy atom. The highest BCUT2D eigenvalue weighted by molar-refractivity contribution is 5.87. The van der Waals surface area contributed by atoms with Crippen molar-refractivity contribution < 1.29 is 9.53 Å². The molecule has 1 aromatic heterocycles. The van der Waals surface area contributed by atoms with Gasteiger partial charge in [0.25, 0.3) is 0 Å². The van der Waals surface area contributed by atoms with E-state index in [9.17, 15) is 4.79 Å². The van der Waals surface area contributed by atoms with Gasteiger partial charge in [0.1, 0.15) is 23.6 Å². The number of nitrogens with zero attached hydrogens (tertiary/aromatic N) is 1. The number of hydrogen-bond acceptors (Lipinski definition) is 3. The van der Waals surface area contributed by atoms with E-state index in [0.29, 0.717) is 11.4 Å². The predicted octanol–water partition coefficient (Wildman–Crippen LogP) is 3.01. The SMILES string of the molecule is CC1(C)CCCCC1OC(=O)c1ccc(C#N)[nH]1. The molecule has 1 aliphatic carbocycles. The van der Waals surface area contributed by atoms with Crippen LogP contribution in [-0.4, -0.2) is 17.1 Å². The second-order valence-electron chi connectivity index (χ2n) is 5.53. The zero-order chi connectivity index (χ0) is 13.2. The van der Waals surface area contributed by atoms with Gasteiger partial charge in [0.2, 0.25) is 0 Å². The van der Waals surface area contributed by atoms with E-state index in [4.69, 9.17) is 10.00 Å². The minimum Gasteiger partial charge on any atom is -0.457 e. The molecular weight excluding hydrogens is 228 g/mol. The molecule has 1 heterocycles. The lowest BCUT2D eigenvalue weighted by Gasteiger charge is -2.37. The number of hydrogen-bond donors (Lipinski definition) is 1. The Morgan fingerprint density at radius 2 is 2.28 bits per heavy atom. The molecule has 4 heteroatoms. The van der Waals surface area contributed by atoms with Crippen molar-refractivity contribution in [3.05, 3.63) is 23.5 Å². The normalized spacial score (nSPS) is 22.2. The number of esters is 1. The molecule has 1 aromatic rings. The molecule has 96 valence electrons. The van der Waals surface area contributed by atoms with Gasteiger partial charge in [0.05, 0.1) is 0 Å². The molecule has 4 nitrogen and oxygen atoms in total. The number of H-pyrrole nitrogens is 1. The number of rotatable bonds is 2. The van der Waals surface area contributed by atoms with Crippen LogP contribution in [0.2, 0.25) is 0 Å². The number of aromatic amines is 1. The maximum Gasteiger partial charge on any atom is 0.355 e. The molecule has 1 saturated carbocycles. The van der Waals surface area contributed by atoms with Crippen LogP contribution in [0.1, 0.15) is 55.7 Å². The van der Waals surface area contributed by atoms with Crippen LogP contribution in [-0.2, 0) is 4.74 Å². The van der Waals surface area contributed by atoms with E-state index in [0.717, 1.165) is 19.3 Å². The molecule has 0 radical (unpaired) electrons. The van der Waals surface area contributed by atoms with Gasteiger partial charge in [-0.05, 0) is 31.4 Å². The van der Waals surface area contributed by atoms with E-state index in [1.807, 2.05) is 6.07 Å². The largest absolute Gasteiger partial charge is 0.457 e. The van der Waals surface area contributed by atoms with Crippen LogP contribution in [0.3, 0.4) is 0 Å². The average Bonchev–Trinajstić information content (AvgIpc) is 2.80. The van der Waals surface area contributed by atoms with Gasteiger partial charge in [-0.2, -0.15) is 5.26 Å². The van der Waals surface area contributed by atoms with E-state index in [-0.39, 0.29) is 17.5 Å². The van der Waals surface area contributed by atoms with Crippen molar-refractivity contribution in [2.45, 2.75) is 45.6 Å². The van der Waals surface area contributed by atoms with E-state index in [2.05, 4.69) is 18.8 Å². The van der Waals surface area contributed by atoms with Crippen LogP contribution in [0.25, 0.3) is 0 Å². The standard InChI is InChI=1S/C14H18N2O2/c1-14(2)8-4-3-5-12(14)18-13(17)11-7-6-10(9-15)16-11/h6-7,12,16H,3-5,8H2,1-2H3. The number of carbonyl (C=O) groups excluding carboxylic acids is 1. The fraction of sp³-hybridized carbons (Fsp3) is 0.571. The van der Waals surface area contributed by atoms with Gasteiger partial charge in [-0.25, -0.2) is 4.79 Å². The van der Waals surface area contributed by atoms with Crippen molar-refractivity contribution in [2.24, 2.45) is 5.41 Å². The Morgan fingerprint density at radius 1 is 1.50 bits per heavy atom. The van der Waals surface area contributed by atoms with Crippen molar-refractivity contribution in [1.29, 1.82) is 5.26 Å². The Bertz CT molecular complexity index is 482. The summed E-state index contributed by atoms with van der Waals surface area (Å²) in [6.07, 6.45) is 4.27. The van der Waals surface area contributed by atoms with Gasteiger partial charge in [0.15, 0.2) is 0 Å². The zero-order valence-corrected chi connectivity index (χ0v) is 10.8. The third-order valence-electron chi connectivity index (χ3n) is 3.68. The Labute approximate surface area is 107 Å². The lowest BCUT2D eigenvalue weighted by molar-refractivity contribution is -0.0267. The molecule has 1 unspecified atom stereocenters. The van der Waals surface area contributed by atoms with Crippen LogP contribution in [0, 0.1) is 16.7 Å². The summed E-state index contributed by atoms with van der Waals surface area (Å²) in [6, 6.07) is 5.14. The van der Waals surface area contributed by atoms with Crippen LogP contribution in [0.4, 0.5) is 0 Å². The smallest absolute Gasteiger partial charge is 0.355 e. The molecular formula is C14H18N2O2. The number of nitrogens with one attached hydrogen (secondary N) is 1. The molecule has 2 rings (SSSR count). The first-order valence-corrected chi connectivity index (χ1v) is 6.33. The predicted molar refractivity (Wildman–Crippen MR) is 67.0 cm³/mol. The lowest BCUT2D eigenvalue weighted by Crippen LogP contribution is -2.36. The Balaban J connectivity index is 2.05. The van der Waals surface area contributed by atoms with Crippen LogP contribution in [0.15, 0.2) is 12.1 Å². The van der Waals surface area contributed by atoms with Gasteiger partial charge >= 0.3 is 5.97 Å². The molecule has 0 bridgehead atoms. The van der Waals surface area contributed by atoms with Crippen molar-refractivity contribution >= 4 is 5.97 Å². The molecule has 1 aliphatic rings. The fourth-order valence-corrected chi connectivity index (χ4v) is 2.45. The molecule has 0 spiro atoms. The summed E-state index contributed by atoms with van der Waals surface area (Å²) in [7, 11) is 0. The molecule has 0 amide bonds. The number of nitriles is 1. The van der Waals surface area contributed by atoms with Crippen LogP contribution in [0.5, 0.6) is 0 Å². The van der Waals surface area contributed by atoms with E-state index >= 15 is 0 Å². The lowest BCUT2D eigenvalue weighted by atomic mass is 9.75. The van der Waals surface area contributed by atoms with Crippen molar-refractivity contribution in [3.8, 4) is 6.07 Å². The Hall–Kier alpha value is -1.76. The first kappa shape index (κ1) is 12.7. The molecule has 0 aromatic carbocycles. The second-order valence-corrected chi connectivity index (χ2v) is 5.53. The number of aromatic nitrogens is 1. The highest BCUT2D eigenvalue weighted by Gasteiger charge is 2.35. The maximum atomic E-state index is 12.0. The summed E-state index contributed by atoms with van der Waals surface area (Å²) in [5.74, 6) is -0.364. The monoisotopic (exact) mass is 246 g/mol. The molecule has 0 saturated heterocycles. The van der Waals surface area contributed by atoms with Gasteiger partial charge in [-0.15, -0.1) is 0 Å². The third kappa shape index (κ3) is 2.56. The fourth-order valence-electron chi connectivity index (χ4n) is 2.45. The third-order valence-corrected chi connectivity index (χ3v) is 3.68. The summed E-state index contributed by atoms with van der Waals surface area (Å²) < 4.78 is 5.57. The summed E-state index contributed by atoms with van der Waals surface area (Å²) in [6.45, 7) is 4.28. The first-order valence-electron chi connectivity index (χ1n) is 6.33. The van der Waals surface area contributed by atoms with Gasteiger partial charge < -0.3 is 9.72 Å². The highest BCUT2D eigenvalue weighted by atomic mass is 16.5. The van der Waals surface area contributed by atoms with Crippen molar-refractivity contribution in [3.63, 3.8) is 0 Å². The molecule has 0 aliphatic heterocycles. The van der Waals surface area contributed by atoms with Crippen molar-refractivity contribution in [2.75, 3.05) is 0 Å².